The Kier molecular flexibility index (Phi) is 19.0. The Hall–Kier alpha value is -1.47. The van der Waals surface area contributed by atoms with Gasteiger partial charge in [0.25, 0.3) is 0 Å². The Balaban J connectivity index is 0. The molecule has 0 aliphatic carbocycles. The molecule has 0 spiro atoms. The van der Waals surface area contributed by atoms with E-state index in [9.17, 15) is 19.5 Å². The Bertz CT molecular complexity index is 434. The number of aliphatic hydroxyl groups is 1. The molecule has 172 valence electrons. The summed E-state index contributed by atoms with van der Waals surface area (Å²) in [5, 5.41) is 9.42. The minimum absolute atomic E-state index is 0.0592. The summed E-state index contributed by atoms with van der Waals surface area (Å²) in [7, 11) is 3.43. The van der Waals surface area contributed by atoms with Gasteiger partial charge in [0.1, 0.15) is 12.3 Å². The number of piperidine rings is 1. The van der Waals surface area contributed by atoms with Crippen LogP contribution in [0.1, 0.15) is 73.1 Å². The zero-order chi connectivity index (χ0) is 22.8. The lowest BCUT2D eigenvalue weighted by molar-refractivity contribution is -0.151. The number of carbonyl (C=O) groups is 3. The fourth-order valence-corrected chi connectivity index (χ4v) is 2.83. The number of amides is 1. The zero-order valence-corrected chi connectivity index (χ0v) is 19.6. The second-order valence-corrected chi connectivity index (χ2v) is 7.78. The molecule has 0 aromatic heterocycles. The first kappa shape index (κ1) is 29.7. The van der Waals surface area contributed by atoms with Gasteiger partial charge >= 0.3 is 5.97 Å². The molecule has 1 N–H and O–H groups in total. The molecule has 2 aliphatic rings. The quantitative estimate of drug-likeness (QED) is 0.560. The molecule has 2 heterocycles. The molecule has 2 aliphatic heterocycles. The van der Waals surface area contributed by atoms with Gasteiger partial charge in [0, 0.05) is 25.8 Å². The molecule has 7 nitrogen and oxygen atoms in total. The fraction of sp³-hybridized carbons (Fsp3) is 0.864. The predicted octanol–water partition coefficient (Wildman–Crippen LogP) is 2.89. The van der Waals surface area contributed by atoms with Gasteiger partial charge in [0.05, 0.1) is 13.2 Å². The monoisotopic (exact) mass is 416 g/mol. The van der Waals surface area contributed by atoms with Crippen molar-refractivity contribution in [2.24, 2.45) is 5.92 Å². The first-order chi connectivity index (χ1) is 13.7. The Morgan fingerprint density at radius 1 is 1.14 bits per heavy atom. The van der Waals surface area contributed by atoms with Gasteiger partial charge < -0.3 is 24.4 Å². The van der Waals surface area contributed by atoms with Gasteiger partial charge in [0.15, 0.2) is 0 Å². The van der Waals surface area contributed by atoms with Crippen LogP contribution in [-0.4, -0.2) is 79.0 Å². The zero-order valence-electron chi connectivity index (χ0n) is 19.6. The lowest BCUT2D eigenvalue weighted by Crippen LogP contribution is -2.41. The van der Waals surface area contributed by atoms with E-state index in [0.717, 1.165) is 5.92 Å². The van der Waals surface area contributed by atoms with Gasteiger partial charge in [-0.25, -0.2) is 4.79 Å². The van der Waals surface area contributed by atoms with E-state index in [1.54, 1.807) is 0 Å². The summed E-state index contributed by atoms with van der Waals surface area (Å²) in [6.07, 6.45) is 4.60. The number of rotatable bonds is 4. The van der Waals surface area contributed by atoms with Crippen molar-refractivity contribution in [1.29, 1.82) is 0 Å². The molecule has 29 heavy (non-hydrogen) atoms. The summed E-state index contributed by atoms with van der Waals surface area (Å²) in [6, 6.07) is -0.723. The van der Waals surface area contributed by atoms with Crippen molar-refractivity contribution in [2.75, 3.05) is 33.8 Å². The molecule has 7 heteroatoms. The van der Waals surface area contributed by atoms with E-state index in [0.29, 0.717) is 6.29 Å². The van der Waals surface area contributed by atoms with Gasteiger partial charge in [-0.05, 0) is 38.9 Å². The Morgan fingerprint density at radius 3 is 2.03 bits per heavy atom. The van der Waals surface area contributed by atoms with Crippen LogP contribution in [0, 0.1) is 5.92 Å². The van der Waals surface area contributed by atoms with E-state index in [-0.39, 0.29) is 31.7 Å². The fourth-order valence-electron chi connectivity index (χ4n) is 2.83. The third-order valence-electron chi connectivity index (χ3n) is 4.13. The summed E-state index contributed by atoms with van der Waals surface area (Å²) in [4.78, 5) is 36.8. The van der Waals surface area contributed by atoms with Crippen molar-refractivity contribution in [3.8, 4) is 0 Å². The highest BCUT2D eigenvalue weighted by atomic mass is 16.5. The normalized spacial score (nSPS) is 20.9. The maximum absolute atomic E-state index is 11.6. The van der Waals surface area contributed by atoms with E-state index in [4.69, 9.17) is 0 Å². The van der Waals surface area contributed by atoms with Crippen molar-refractivity contribution in [3.05, 3.63) is 0 Å². The van der Waals surface area contributed by atoms with Gasteiger partial charge in [0.2, 0.25) is 5.91 Å². The van der Waals surface area contributed by atoms with Crippen LogP contribution in [0.5, 0.6) is 0 Å². The maximum Gasteiger partial charge on any atom is 0.328 e. The number of aldehydes is 1. The number of ether oxygens (including phenoxy) is 1. The second kappa shape index (κ2) is 18.6. The van der Waals surface area contributed by atoms with Gasteiger partial charge in [-0.3, -0.25) is 4.79 Å². The lowest BCUT2D eigenvalue weighted by Gasteiger charge is -2.21. The number of carbonyl (C=O) groups excluding carboxylic acids is 3. The number of aliphatic hydroxyl groups excluding tert-OH is 1. The molecule has 0 bridgehead atoms. The molecular weight excluding hydrogens is 372 g/mol. The largest absolute Gasteiger partial charge is 0.467 e. The second-order valence-electron chi connectivity index (χ2n) is 7.78. The van der Waals surface area contributed by atoms with Crippen molar-refractivity contribution in [1.82, 2.24) is 9.80 Å². The minimum Gasteiger partial charge on any atom is -0.467 e. The predicted molar refractivity (Wildman–Crippen MR) is 117 cm³/mol. The van der Waals surface area contributed by atoms with E-state index in [1.165, 1.54) is 44.4 Å². The minimum atomic E-state index is -0.723. The molecule has 0 saturated carbocycles. The standard InChI is InChI=1S/C10H15NO5.C6H13N.C4H10.C2H6/c1-16-10(15)8-5-7(13)6-11(8)9(14)3-2-4-12;1-7-5-3-2-4-6-7;1-4(2)3;1-2/h4,7-8,13H,2-3,5-6H2,1H3;2-6H2,1H3;4H,1-3H3;1-2H3/t7-,8-;;;/m0.../s1. The average molecular weight is 417 g/mol. The van der Waals surface area contributed by atoms with Crippen LogP contribution in [-0.2, 0) is 19.1 Å². The highest BCUT2D eigenvalue weighted by molar-refractivity contribution is 5.86. The summed E-state index contributed by atoms with van der Waals surface area (Å²) >= 11 is 0. The van der Waals surface area contributed by atoms with Crippen LogP contribution in [0.25, 0.3) is 0 Å². The first-order valence-corrected chi connectivity index (χ1v) is 10.9. The third-order valence-corrected chi connectivity index (χ3v) is 4.13. The lowest BCUT2D eigenvalue weighted by atomic mass is 10.1. The van der Waals surface area contributed by atoms with Crippen LogP contribution in [0.3, 0.4) is 0 Å². The SMILES string of the molecule is CC.CC(C)C.CN1CCCCC1.COC(=O)[C@@H]1C[C@H](O)CN1C(=O)CCC=O. The molecule has 0 aromatic rings. The van der Waals surface area contributed by atoms with E-state index >= 15 is 0 Å². The Morgan fingerprint density at radius 2 is 1.66 bits per heavy atom. The number of hydrogen-bond donors (Lipinski definition) is 1. The molecule has 0 unspecified atom stereocenters. The topological polar surface area (TPSA) is 87.2 Å². The molecule has 1 amide bonds. The molecule has 2 fully saturated rings. The number of hydrogen-bond acceptors (Lipinski definition) is 6. The summed E-state index contributed by atoms with van der Waals surface area (Å²) in [5.74, 6) is -0.00458. The van der Waals surface area contributed by atoms with Crippen LogP contribution in [0.15, 0.2) is 0 Å². The van der Waals surface area contributed by atoms with E-state index < -0.39 is 18.1 Å². The molecule has 2 rings (SSSR count). The smallest absolute Gasteiger partial charge is 0.328 e. The number of esters is 1. The summed E-state index contributed by atoms with van der Waals surface area (Å²) < 4.78 is 4.55. The van der Waals surface area contributed by atoms with Crippen molar-refractivity contribution in [2.45, 2.75) is 85.3 Å². The van der Waals surface area contributed by atoms with Gasteiger partial charge in [-0.1, -0.05) is 41.0 Å². The van der Waals surface area contributed by atoms with Crippen LogP contribution in [0.4, 0.5) is 0 Å². The van der Waals surface area contributed by atoms with Gasteiger partial charge in [-0.2, -0.15) is 0 Å². The first-order valence-electron chi connectivity index (χ1n) is 10.9. The van der Waals surface area contributed by atoms with Crippen molar-refractivity contribution >= 4 is 18.2 Å². The van der Waals surface area contributed by atoms with E-state index in [2.05, 4.69) is 37.5 Å². The van der Waals surface area contributed by atoms with E-state index in [1.807, 2.05) is 13.8 Å². The molecule has 2 saturated heterocycles. The van der Waals surface area contributed by atoms with Crippen molar-refractivity contribution < 1.29 is 24.2 Å². The highest BCUT2D eigenvalue weighted by Gasteiger charge is 2.39. The Labute approximate surface area is 177 Å². The summed E-state index contributed by atoms with van der Waals surface area (Å²) in [5.41, 5.74) is 0. The third kappa shape index (κ3) is 15.1. The average Bonchev–Trinajstić information content (AvgIpc) is 3.09. The molecule has 2 atom stereocenters. The molecule has 0 aromatic carbocycles. The van der Waals surface area contributed by atoms with Crippen LogP contribution in [0.2, 0.25) is 0 Å². The number of nitrogens with zero attached hydrogens (tertiary/aromatic N) is 2. The maximum atomic E-state index is 11.6. The number of likely N-dealkylation sites (tertiary alicyclic amines) is 2. The van der Waals surface area contributed by atoms with Crippen LogP contribution < -0.4 is 0 Å². The molecule has 0 radical (unpaired) electrons. The number of methoxy groups -OCH3 is 1. The van der Waals surface area contributed by atoms with Gasteiger partial charge in [-0.15, -0.1) is 0 Å². The summed E-state index contributed by atoms with van der Waals surface area (Å²) in [6.45, 7) is 13.3. The number of β-amino-alcohol motifs (C(OH)–C–C–N with tert-alkyl or cyclic N) is 1. The highest BCUT2D eigenvalue weighted by Crippen LogP contribution is 2.20. The molecular formula is C22H44N2O5. The van der Waals surface area contributed by atoms with Crippen LogP contribution >= 0.6 is 0 Å². The van der Waals surface area contributed by atoms with Crippen molar-refractivity contribution in [3.63, 3.8) is 0 Å².